The summed E-state index contributed by atoms with van der Waals surface area (Å²) in [4.78, 5) is 27.1. The van der Waals surface area contributed by atoms with Crippen molar-refractivity contribution in [2.75, 3.05) is 0 Å². The van der Waals surface area contributed by atoms with Gasteiger partial charge in [-0.3, -0.25) is 20.4 Å². The fourth-order valence-electron chi connectivity index (χ4n) is 2.99. The highest BCUT2D eigenvalue weighted by molar-refractivity contribution is 7.71. The zero-order chi connectivity index (χ0) is 16.2. The van der Waals surface area contributed by atoms with Gasteiger partial charge in [-0.2, -0.15) is 0 Å². The van der Waals surface area contributed by atoms with Crippen LogP contribution < -0.4 is 10.9 Å². The van der Waals surface area contributed by atoms with E-state index in [4.69, 9.17) is 16.6 Å². The highest BCUT2D eigenvalue weighted by Crippen LogP contribution is 2.25. The first kappa shape index (κ1) is 15.7. The van der Waals surface area contributed by atoms with Gasteiger partial charge < -0.3 is 9.40 Å². The van der Waals surface area contributed by atoms with E-state index >= 15 is 0 Å². The molecule has 0 saturated heterocycles. The van der Waals surface area contributed by atoms with Gasteiger partial charge in [-0.15, -0.1) is 0 Å². The first-order chi connectivity index (χ1) is 11.1. The Bertz CT molecular complexity index is 774. The molecule has 0 aliphatic heterocycles. The summed E-state index contributed by atoms with van der Waals surface area (Å²) in [5.41, 5.74) is 6.56. The average Bonchev–Trinajstić information content (AvgIpc) is 2.92. The van der Waals surface area contributed by atoms with Crippen molar-refractivity contribution >= 4 is 35.1 Å². The molecule has 1 aliphatic rings. The van der Waals surface area contributed by atoms with Crippen LogP contribution in [0.2, 0.25) is 0 Å². The van der Waals surface area contributed by atoms with Gasteiger partial charge in [-0.25, -0.2) is 0 Å². The quantitative estimate of drug-likeness (QED) is 0.594. The molecular weight excluding hydrogens is 314 g/mol. The minimum Gasteiger partial charge on any atom is -0.429 e. The third kappa shape index (κ3) is 3.98. The van der Waals surface area contributed by atoms with E-state index in [1.807, 2.05) is 0 Å². The highest BCUT2D eigenvalue weighted by Gasteiger charge is 2.17. The molecule has 0 atom stereocenters. The van der Waals surface area contributed by atoms with Crippen LogP contribution >= 0.6 is 12.2 Å². The van der Waals surface area contributed by atoms with Crippen molar-refractivity contribution in [2.45, 2.75) is 38.5 Å². The summed E-state index contributed by atoms with van der Waals surface area (Å²) >= 11 is 4.91. The van der Waals surface area contributed by atoms with Crippen LogP contribution in [0.1, 0.15) is 48.9 Å². The molecule has 1 saturated carbocycles. The normalized spacial score (nSPS) is 15.5. The molecule has 0 radical (unpaired) electrons. The molecule has 2 amide bonds. The summed E-state index contributed by atoms with van der Waals surface area (Å²) in [6.07, 6.45) is 6.29. The molecule has 122 valence electrons. The number of rotatable bonds is 3. The number of aromatic amines is 1. The Balaban J connectivity index is 1.55. The van der Waals surface area contributed by atoms with Crippen LogP contribution in [-0.2, 0) is 4.79 Å². The summed E-state index contributed by atoms with van der Waals surface area (Å²) in [6.45, 7) is 0. The molecule has 1 aromatic carbocycles. The van der Waals surface area contributed by atoms with Gasteiger partial charge in [0.2, 0.25) is 5.91 Å². The van der Waals surface area contributed by atoms with E-state index in [2.05, 4.69) is 15.8 Å². The van der Waals surface area contributed by atoms with Crippen LogP contribution in [0.5, 0.6) is 0 Å². The number of amides is 2. The number of hydrogen-bond donors (Lipinski definition) is 3. The lowest BCUT2D eigenvalue weighted by Crippen LogP contribution is -2.42. The number of H-pyrrole nitrogens is 1. The lowest BCUT2D eigenvalue weighted by atomic mass is 9.87. The first-order valence-corrected chi connectivity index (χ1v) is 8.25. The van der Waals surface area contributed by atoms with Crippen molar-refractivity contribution in [3.63, 3.8) is 0 Å². The predicted molar refractivity (Wildman–Crippen MR) is 88.2 cm³/mol. The van der Waals surface area contributed by atoms with Crippen LogP contribution in [0.4, 0.5) is 0 Å². The van der Waals surface area contributed by atoms with E-state index in [1.165, 1.54) is 19.3 Å². The highest BCUT2D eigenvalue weighted by atomic mass is 32.1. The fraction of sp³-hybridized carbons (Fsp3) is 0.438. The summed E-state index contributed by atoms with van der Waals surface area (Å²) in [7, 11) is 0. The molecule has 0 spiro atoms. The molecule has 23 heavy (non-hydrogen) atoms. The third-order valence-corrected chi connectivity index (χ3v) is 4.38. The number of hydrazine groups is 1. The van der Waals surface area contributed by atoms with E-state index in [-0.39, 0.29) is 16.7 Å². The molecule has 0 unspecified atom stereocenters. The first-order valence-electron chi connectivity index (χ1n) is 7.84. The predicted octanol–water partition coefficient (Wildman–Crippen LogP) is 3.22. The van der Waals surface area contributed by atoms with Crippen LogP contribution in [0.3, 0.4) is 0 Å². The van der Waals surface area contributed by atoms with Crippen molar-refractivity contribution in [2.24, 2.45) is 5.92 Å². The van der Waals surface area contributed by atoms with Crippen LogP contribution in [0.15, 0.2) is 22.6 Å². The van der Waals surface area contributed by atoms with Crippen LogP contribution in [0.25, 0.3) is 11.1 Å². The molecular formula is C16H19N3O3S. The fourth-order valence-corrected chi connectivity index (χ4v) is 3.19. The zero-order valence-corrected chi connectivity index (χ0v) is 13.5. The van der Waals surface area contributed by atoms with Crippen molar-refractivity contribution < 1.29 is 14.0 Å². The number of carbonyl (C=O) groups excluding carboxylic acids is 2. The second-order valence-electron chi connectivity index (χ2n) is 5.94. The van der Waals surface area contributed by atoms with E-state index in [9.17, 15) is 9.59 Å². The number of aromatic nitrogens is 1. The molecule has 7 heteroatoms. The molecule has 3 rings (SSSR count). The number of fused-ring (bicyclic) bond motifs is 1. The van der Waals surface area contributed by atoms with Gasteiger partial charge in [0, 0.05) is 12.0 Å². The minimum absolute atomic E-state index is 0.148. The lowest BCUT2D eigenvalue weighted by Gasteiger charge is -2.20. The van der Waals surface area contributed by atoms with Gasteiger partial charge in [0.15, 0.2) is 5.58 Å². The van der Waals surface area contributed by atoms with Gasteiger partial charge in [-0.05, 0) is 49.2 Å². The van der Waals surface area contributed by atoms with Crippen LogP contribution in [0, 0.1) is 10.8 Å². The van der Waals surface area contributed by atoms with Crippen molar-refractivity contribution in [3.05, 3.63) is 28.6 Å². The van der Waals surface area contributed by atoms with E-state index in [0.717, 1.165) is 18.4 Å². The molecule has 3 N–H and O–H groups in total. The van der Waals surface area contributed by atoms with E-state index in [0.29, 0.717) is 23.5 Å². The summed E-state index contributed by atoms with van der Waals surface area (Å²) < 4.78 is 5.28. The number of oxazole rings is 1. The van der Waals surface area contributed by atoms with E-state index in [1.54, 1.807) is 18.2 Å². The Hall–Kier alpha value is -2.15. The largest absolute Gasteiger partial charge is 0.429 e. The molecule has 1 heterocycles. The maximum atomic E-state index is 12.1. The van der Waals surface area contributed by atoms with Gasteiger partial charge in [-0.1, -0.05) is 19.3 Å². The summed E-state index contributed by atoms with van der Waals surface area (Å²) in [6, 6.07) is 4.95. The van der Waals surface area contributed by atoms with Gasteiger partial charge in [0.1, 0.15) is 0 Å². The molecule has 1 aliphatic carbocycles. The molecule has 6 nitrogen and oxygen atoms in total. The molecule has 2 aromatic rings. The number of hydrogen-bond acceptors (Lipinski definition) is 4. The van der Waals surface area contributed by atoms with Crippen LogP contribution in [-0.4, -0.2) is 16.8 Å². The minimum atomic E-state index is -0.383. The monoisotopic (exact) mass is 333 g/mol. The standard InChI is InChI=1S/C16H19N3O3S/c20-14(8-10-4-2-1-3-5-10)18-19-15(21)11-6-7-12-13(9-11)22-16(23)17-12/h6-7,9-10H,1-5,8H2,(H,17,23)(H,18,20)(H,19,21). The number of benzene rings is 1. The van der Waals surface area contributed by atoms with Crippen molar-refractivity contribution in [3.8, 4) is 0 Å². The molecule has 0 bridgehead atoms. The maximum Gasteiger partial charge on any atom is 0.269 e. The Morgan fingerprint density at radius 2 is 2.00 bits per heavy atom. The lowest BCUT2D eigenvalue weighted by molar-refractivity contribution is -0.123. The summed E-state index contributed by atoms with van der Waals surface area (Å²) in [5.74, 6) is -0.0992. The smallest absolute Gasteiger partial charge is 0.269 e. The SMILES string of the molecule is O=C(CC1CCCCC1)NNC(=O)c1ccc2[nH]c(=S)oc2c1. The van der Waals surface area contributed by atoms with Gasteiger partial charge >= 0.3 is 0 Å². The maximum absolute atomic E-state index is 12.1. The second-order valence-corrected chi connectivity index (χ2v) is 6.31. The Labute approximate surface area is 138 Å². The molecule has 1 aromatic heterocycles. The Morgan fingerprint density at radius 1 is 1.22 bits per heavy atom. The van der Waals surface area contributed by atoms with Gasteiger partial charge in [0.05, 0.1) is 5.52 Å². The molecule has 1 fully saturated rings. The Kier molecular flexibility index (Phi) is 4.76. The zero-order valence-electron chi connectivity index (χ0n) is 12.7. The van der Waals surface area contributed by atoms with Crippen molar-refractivity contribution in [1.82, 2.24) is 15.8 Å². The van der Waals surface area contributed by atoms with Crippen molar-refractivity contribution in [1.29, 1.82) is 0 Å². The summed E-state index contributed by atoms with van der Waals surface area (Å²) in [5, 5.41) is 0. The topological polar surface area (TPSA) is 87.1 Å². The Morgan fingerprint density at radius 3 is 2.78 bits per heavy atom. The third-order valence-electron chi connectivity index (χ3n) is 4.20. The van der Waals surface area contributed by atoms with Gasteiger partial charge in [0.25, 0.3) is 10.7 Å². The van der Waals surface area contributed by atoms with E-state index < -0.39 is 0 Å². The number of carbonyl (C=O) groups is 2. The second kappa shape index (κ2) is 6.95. The average molecular weight is 333 g/mol. The number of nitrogens with one attached hydrogen (secondary N) is 3.